The molecule has 2 N–H and O–H groups in total. The minimum Gasteiger partial charge on any atom is -0.497 e. The molecule has 2 aromatic carbocycles. The van der Waals surface area contributed by atoms with E-state index in [0.717, 1.165) is 40.8 Å². The summed E-state index contributed by atoms with van der Waals surface area (Å²) in [6.45, 7) is 4.00. The van der Waals surface area contributed by atoms with Crippen molar-refractivity contribution in [3.8, 4) is 17.2 Å². The Hall–Kier alpha value is -2.75. The van der Waals surface area contributed by atoms with Crippen LogP contribution in [-0.4, -0.2) is 36.5 Å². The highest BCUT2D eigenvalue weighted by molar-refractivity contribution is 14.0. The number of ether oxygens (including phenoxy) is 2. The fraction of sp³-hybridized carbons (Fsp3) is 0.273. The number of methoxy groups -OCH3 is 2. The quantitative estimate of drug-likeness (QED) is 0.269. The summed E-state index contributed by atoms with van der Waals surface area (Å²) in [5.74, 6) is 2.30. The predicted octanol–water partition coefficient (Wildman–Crippen LogP) is 3.76. The second kappa shape index (κ2) is 12.1. The minimum atomic E-state index is 0. The third-order valence-corrected chi connectivity index (χ3v) is 4.41. The van der Waals surface area contributed by atoms with Crippen molar-refractivity contribution in [2.45, 2.75) is 20.0 Å². The first-order chi connectivity index (χ1) is 14.2. The van der Waals surface area contributed by atoms with Crippen LogP contribution in [-0.2, 0) is 13.1 Å². The van der Waals surface area contributed by atoms with Crippen molar-refractivity contribution in [2.75, 3.05) is 20.8 Å². The third-order valence-electron chi connectivity index (χ3n) is 4.41. The number of nitrogens with zero attached hydrogens (tertiary/aromatic N) is 3. The lowest BCUT2D eigenvalue weighted by atomic mass is 10.2. The average Bonchev–Trinajstić information content (AvgIpc) is 3.31. The molecule has 0 amide bonds. The third kappa shape index (κ3) is 6.38. The average molecular weight is 521 g/mol. The van der Waals surface area contributed by atoms with Crippen LogP contribution in [0.25, 0.3) is 5.69 Å². The highest BCUT2D eigenvalue weighted by Crippen LogP contribution is 2.24. The van der Waals surface area contributed by atoms with Crippen LogP contribution in [0.15, 0.2) is 65.9 Å². The molecule has 0 aliphatic heterocycles. The van der Waals surface area contributed by atoms with Gasteiger partial charge in [0.15, 0.2) is 5.96 Å². The van der Waals surface area contributed by atoms with Gasteiger partial charge in [-0.25, -0.2) is 9.67 Å². The minimum absolute atomic E-state index is 0. The van der Waals surface area contributed by atoms with Gasteiger partial charge in [0.2, 0.25) is 0 Å². The number of halogens is 1. The maximum atomic E-state index is 5.46. The largest absolute Gasteiger partial charge is 0.497 e. The highest BCUT2D eigenvalue weighted by Gasteiger charge is 2.06. The van der Waals surface area contributed by atoms with Crippen LogP contribution in [0.3, 0.4) is 0 Å². The molecule has 8 heteroatoms. The molecule has 7 nitrogen and oxygen atoms in total. The zero-order chi connectivity index (χ0) is 20.5. The molecule has 0 aliphatic rings. The summed E-state index contributed by atoms with van der Waals surface area (Å²) in [6, 6.07) is 15.9. The van der Waals surface area contributed by atoms with E-state index in [1.54, 1.807) is 20.4 Å². The topological polar surface area (TPSA) is 72.7 Å². The van der Waals surface area contributed by atoms with Gasteiger partial charge in [0.25, 0.3) is 0 Å². The van der Waals surface area contributed by atoms with Crippen LogP contribution in [0.1, 0.15) is 18.1 Å². The summed E-state index contributed by atoms with van der Waals surface area (Å²) >= 11 is 0. The monoisotopic (exact) mass is 521 g/mol. The van der Waals surface area contributed by atoms with E-state index in [1.807, 2.05) is 54.2 Å². The van der Waals surface area contributed by atoms with E-state index in [-0.39, 0.29) is 24.0 Å². The molecular formula is C22H28IN5O2. The van der Waals surface area contributed by atoms with Crippen molar-refractivity contribution in [2.24, 2.45) is 4.99 Å². The summed E-state index contributed by atoms with van der Waals surface area (Å²) in [5.41, 5.74) is 3.18. The normalized spacial score (nSPS) is 10.8. The molecule has 0 atom stereocenters. The Kier molecular flexibility index (Phi) is 9.46. The first-order valence-corrected chi connectivity index (χ1v) is 9.55. The molecule has 0 spiro atoms. The molecule has 0 saturated carbocycles. The summed E-state index contributed by atoms with van der Waals surface area (Å²) in [7, 11) is 3.30. The van der Waals surface area contributed by atoms with Crippen molar-refractivity contribution < 1.29 is 9.47 Å². The van der Waals surface area contributed by atoms with E-state index in [4.69, 9.17) is 9.47 Å². The molecule has 0 fully saturated rings. The van der Waals surface area contributed by atoms with Gasteiger partial charge >= 0.3 is 0 Å². The number of guanidine groups is 1. The van der Waals surface area contributed by atoms with Crippen LogP contribution in [0, 0.1) is 0 Å². The first kappa shape index (κ1) is 23.5. The van der Waals surface area contributed by atoms with Crippen molar-refractivity contribution in [1.29, 1.82) is 0 Å². The van der Waals surface area contributed by atoms with E-state index < -0.39 is 0 Å². The second-order valence-electron chi connectivity index (χ2n) is 6.34. The van der Waals surface area contributed by atoms with Crippen molar-refractivity contribution in [1.82, 2.24) is 20.4 Å². The molecule has 0 saturated heterocycles. The van der Waals surface area contributed by atoms with Crippen LogP contribution in [0.2, 0.25) is 0 Å². The molecule has 0 unspecified atom stereocenters. The zero-order valence-corrected chi connectivity index (χ0v) is 19.8. The number of rotatable bonds is 8. The van der Waals surface area contributed by atoms with Crippen LogP contribution in [0.4, 0.5) is 0 Å². The van der Waals surface area contributed by atoms with Gasteiger partial charge in [-0.15, -0.1) is 24.0 Å². The van der Waals surface area contributed by atoms with Crippen LogP contribution in [0.5, 0.6) is 11.5 Å². The Balaban J connectivity index is 0.00000320. The molecule has 0 radical (unpaired) electrons. The Bertz CT molecular complexity index is 927. The predicted molar refractivity (Wildman–Crippen MR) is 130 cm³/mol. The van der Waals surface area contributed by atoms with E-state index in [2.05, 4.69) is 32.9 Å². The van der Waals surface area contributed by atoms with Crippen LogP contribution < -0.4 is 20.1 Å². The first-order valence-electron chi connectivity index (χ1n) is 9.55. The summed E-state index contributed by atoms with van der Waals surface area (Å²) < 4.78 is 12.6. The molecule has 0 bridgehead atoms. The molecule has 0 aliphatic carbocycles. The molecule has 160 valence electrons. The molecule has 30 heavy (non-hydrogen) atoms. The van der Waals surface area contributed by atoms with E-state index in [9.17, 15) is 0 Å². The maximum Gasteiger partial charge on any atom is 0.191 e. The standard InChI is InChI=1S/C22H27N5O2.HI/c1-4-23-22(25-16-18-8-11-20(28-2)14-21(18)29-3)24-15-17-6-9-19(10-7-17)27-13-5-12-26-27;/h5-14H,4,15-16H2,1-3H3,(H2,23,24,25);1H. The molecular weight excluding hydrogens is 493 g/mol. The molecule has 3 rings (SSSR count). The van der Waals surface area contributed by atoms with Crippen molar-refractivity contribution >= 4 is 29.9 Å². The van der Waals surface area contributed by atoms with Gasteiger partial charge in [0.05, 0.1) is 26.5 Å². The summed E-state index contributed by atoms with van der Waals surface area (Å²) in [5, 5.41) is 10.9. The van der Waals surface area contributed by atoms with E-state index >= 15 is 0 Å². The van der Waals surface area contributed by atoms with Gasteiger partial charge in [-0.3, -0.25) is 0 Å². The lowest BCUT2D eigenvalue weighted by molar-refractivity contribution is 0.390. The lowest BCUT2D eigenvalue weighted by Gasteiger charge is -2.14. The SMILES string of the molecule is CCNC(=NCc1ccc(-n2cccn2)cc1)NCc1ccc(OC)cc1OC.I. The fourth-order valence-corrected chi connectivity index (χ4v) is 2.86. The number of hydrogen-bond donors (Lipinski definition) is 2. The van der Waals surface area contributed by atoms with Gasteiger partial charge < -0.3 is 20.1 Å². The van der Waals surface area contributed by atoms with Gasteiger partial charge in [0, 0.05) is 37.1 Å². The van der Waals surface area contributed by atoms with Crippen molar-refractivity contribution in [3.05, 3.63) is 72.1 Å². The smallest absolute Gasteiger partial charge is 0.191 e. The molecule has 3 aromatic rings. The van der Waals surface area contributed by atoms with Crippen LogP contribution >= 0.6 is 24.0 Å². The molecule has 1 aromatic heterocycles. The number of aliphatic imine (C=N–C) groups is 1. The summed E-state index contributed by atoms with van der Waals surface area (Å²) in [6.07, 6.45) is 3.69. The number of hydrogen-bond acceptors (Lipinski definition) is 4. The van der Waals surface area contributed by atoms with Gasteiger partial charge in [-0.1, -0.05) is 12.1 Å². The van der Waals surface area contributed by atoms with Gasteiger partial charge in [-0.2, -0.15) is 5.10 Å². The highest BCUT2D eigenvalue weighted by atomic mass is 127. The Morgan fingerprint density at radius 3 is 2.50 bits per heavy atom. The van der Waals surface area contributed by atoms with Gasteiger partial charge in [0.1, 0.15) is 11.5 Å². The Labute approximate surface area is 194 Å². The lowest BCUT2D eigenvalue weighted by Crippen LogP contribution is -2.36. The zero-order valence-electron chi connectivity index (χ0n) is 17.5. The van der Waals surface area contributed by atoms with Gasteiger partial charge in [-0.05, 0) is 42.8 Å². The number of nitrogens with one attached hydrogen (secondary N) is 2. The fourth-order valence-electron chi connectivity index (χ4n) is 2.86. The summed E-state index contributed by atoms with van der Waals surface area (Å²) in [4.78, 5) is 4.69. The Morgan fingerprint density at radius 2 is 1.87 bits per heavy atom. The number of benzene rings is 2. The van der Waals surface area contributed by atoms with Crippen molar-refractivity contribution in [3.63, 3.8) is 0 Å². The van der Waals surface area contributed by atoms with E-state index in [1.165, 1.54) is 0 Å². The second-order valence-corrected chi connectivity index (χ2v) is 6.34. The maximum absolute atomic E-state index is 5.46. The van der Waals surface area contributed by atoms with E-state index in [0.29, 0.717) is 13.1 Å². The number of aromatic nitrogens is 2. The Morgan fingerprint density at radius 1 is 1.07 bits per heavy atom. The molecule has 1 heterocycles.